The summed E-state index contributed by atoms with van der Waals surface area (Å²) in [5.74, 6) is 2.33. The second-order valence-electron chi connectivity index (χ2n) is 10.1. The van der Waals surface area contributed by atoms with Crippen molar-refractivity contribution in [3.63, 3.8) is 0 Å². The maximum Gasteiger partial charge on any atom is 0.162 e. The number of anilines is 1. The van der Waals surface area contributed by atoms with E-state index in [9.17, 15) is 0 Å². The zero-order valence-electron chi connectivity index (χ0n) is 22.0. The average molecular weight is 500 g/mol. The summed E-state index contributed by atoms with van der Waals surface area (Å²) in [5, 5.41) is 17.0. The molecule has 4 aromatic rings. The number of hydrogen-bond donors (Lipinski definition) is 1. The first kappa shape index (κ1) is 23.7. The molecule has 3 aliphatic rings. The van der Waals surface area contributed by atoms with Gasteiger partial charge in [-0.15, -0.1) is 0 Å². The minimum absolute atomic E-state index is 0.225. The third kappa shape index (κ3) is 4.07. The smallest absolute Gasteiger partial charge is 0.162 e. The first-order valence-corrected chi connectivity index (χ1v) is 13.0. The highest BCUT2D eigenvalue weighted by Crippen LogP contribution is 2.39. The molecule has 2 unspecified atom stereocenters. The van der Waals surface area contributed by atoms with Crippen LogP contribution in [0.1, 0.15) is 43.2 Å². The normalized spacial score (nSPS) is 20.1. The molecule has 9 nitrogen and oxygen atoms in total. The third-order valence-electron chi connectivity index (χ3n) is 7.89. The van der Waals surface area contributed by atoms with Gasteiger partial charge in [0.2, 0.25) is 0 Å². The molecular weight excluding hydrogens is 466 g/mol. The number of piperazine rings is 1. The van der Waals surface area contributed by atoms with Gasteiger partial charge in [-0.3, -0.25) is 10.00 Å². The maximum absolute atomic E-state index is 6.42. The van der Waals surface area contributed by atoms with E-state index in [-0.39, 0.29) is 6.10 Å². The van der Waals surface area contributed by atoms with Crippen LogP contribution in [0, 0.1) is 13.8 Å². The largest absolute Gasteiger partial charge is 0.493 e. The second-order valence-corrected chi connectivity index (χ2v) is 10.1. The highest BCUT2D eigenvalue weighted by molar-refractivity contribution is 5.95. The molecule has 192 valence electrons. The number of H-pyrrole nitrogens is 1. The minimum atomic E-state index is -0.225. The fourth-order valence-electron chi connectivity index (χ4n) is 6.08. The lowest BCUT2D eigenvalue weighted by atomic mass is 9.87. The standard InChI is InChI=1S/C28H33N7O2/c1-6-35-20-9-21(35)15-34(14-20)26-8-7-19(13-29-26)28-22-10-25(24(36-5)11-23(22)32-33-28)37-18(4)27-16(2)12-30-31-17(27)3/h7-8,10-13,18,20-21H,6,9,14-15H2,1-5H3,(H,32,33)/t18-,20?,21?/m1/s1. The highest BCUT2D eigenvalue weighted by Gasteiger charge is 2.43. The molecular formula is C28H33N7O2. The van der Waals surface area contributed by atoms with Gasteiger partial charge in [0.25, 0.3) is 0 Å². The molecule has 0 amide bonds. The van der Waals surface area contributed by atoms with Gasteiger partial charge in [-0.25, -0.2) is 4.98 Å². The van der Waals surface area contributed by atoms with Gasteiger partial charge in [0.15, 0.2) is 11.5 Å². The Morgan fingerprint density at radius 1 is 1.11 bits per heavy atom. The molecule has 37 heavy (non-hydrogen) atoms. The fourth-order valence-corrected chi connectivity index (χ4v) is 6.08. The number of nitrogens with zero attached hydrogens (tertiary/aromatic N) is 6. The van der Waals surface area contributed by atoms with E-state index in [0.717, 1.165) is 64.4 Å². The van der Waals surface area contributed by atoms with Crippen LogP contribution in [-0.4, -0.2) is 69.1 Å². The van der Waals surface area contributed by atoms with Gasteiger partial charge in [-0.1, -0.05) is 6.92 Å². The van der Waals surface area contributed by atoms with Crippen molar-refractivity contribution in [2.75, 3.05) is 31.6 Å². The van der Waals surface area contributed by atoms with Crippen molar-refractivity contribution < 1.29 is 9.47 Å². The van der Waals surface area contributed by atoms with Crippen LogP contribution in [0.3, 0.4) is 0 Å². The van der Waals surface area contributed by atoms with Crippen LogP contribution in [0.15, 0.2) is 36.7 Å². The van der Waals surface area contributed by atoms with E-state index in [1.54, 1.807) is 13.3 Å². The van der Waals surface area contributed by atoms with Crippen molar-refractivity contribution in [1.29, 1.82) is 0 Å². The summed E-state index contributed by atoms with van der Waals surface area (Å²) in [6.45, 7) is 11.5. The average Bonchev–Trinajstić information content (AvgIpc) is 3.31. The number of fused-ring (bicyclic) bond motifs is 3. The molecule has 0 aliphatic carbocycles. The minimum Gasteiger partial charge on any atom is -0.493 e. The van der Waals surface area contributed by atoms with Crippen LogP contribution in [-0.2, 0) is 0 Å². The number of rotatable bonds is 7. The zero-order valence-corrected chi connectivity index (χ0v) is 22.0. The summed E-state index contributed by atoms with van der Waals surface area (Å²) < 4.78 is 12.1. The number of ether oxygens (including phenoxy) is 2. The lowest BCUT2D eigenvalue weighted by molar-refractivity contribution is 0.00438. The summed E-state index contributed by atoms with van der Waals surface area (Å²) in [6.07, 6.45) is 4.77. The fraction of sp³-hybridized carbons (Fsp3) is 0.429. The molecule has 0 radical (unpaired) electrons. The molecule has 6 heterocycles. The Kier molecular flexibility index (Phi) is 5.95. The molecule has 3 saturated heterocycles. The number of nitrogens with one attached hydrogen (secondary N) is 1. The molecule has 2 bridgehead atoms. The first-order valence-electron chi connectivity index (χ1n) is 13.0. The van der Waals surface area contributed by atoms with Gasteiger partial charge < -0.3 is 14.4 Å². The van der Waals surface area contributed by atoms with Crippen LogP contribution in [0.5, 0.6) is 11.5 Å². The summed E-state index contributed by atoms with van der Waals surface area (Å²) in [5.41, 5.74) is 5.61. The van der Waals surface area contributed by atoms with E-state index in [2.05, 4.69) is 49.3 Å². The zero-order chi connectivity index (χ0) is 25.7. The van der Waals surface area contributed by atoms with Gasteiger partial charge >= 0.3 is 0 Å². The van der Waals surface area contributed by atoms with E-state index in [1.807, 2.05) is 39.1 Å². The van der Waals surface area contributed by atoms with Crippen molar-refractivity contribution in [2.45, 2.75) is 52.3 Å². The molecule has 3 fully saturated rings. The number of aryl methyl sites for hydroxylation is 2. The number of methoxy groups -OCH3 is 1. The number of aromatic amines is 1. The Hall–Kier alpha value is -3.72. The van der Waals surface area contributed by atoms with Gasteiger partial charge in [0.1, 0.15) is 17.6 Å². The van der Waals surface area contributed by atoms with Gasteiger partial charge in [0.05, 0.1) is 24.5 Å². The van der Waals surface area contributed by atoms with Gasteiger partial charge in [0, 0.05) is 53.9 Å². The molecule has 3 aromatic heterocycles. The Morgan fingerprint density at radius 2 is 1.92 bits per heavy atom. The SMILES string of the molecule is CCN1C2CC1CN(c1ccc(-c3n[nH]c4cc(OC)c(O[C@H](C)c5c(C)cnnc5C)cc34)cn1)C2. The van der Waals surface area contributed by atoms with Crippen LogP contribution >= 0.6 is 0 Å². The van der Waals surface area contributed by atoms with Crippen LogP contribution in [0.25, 0.3) is 22.2 Å². The van der Waals surface area contributed by atoms with Gasteiger partial charge in [-0.05, 0) is 57.5 Å². The summed E-state index contributed by atoms with van der Waals surface area (Å²) >= 11 is 0. The Labute approximate surface area is 216 Å². The number of aromatic nitrogens is 5. The molecule has 1 N–H and O–H groups in total. The van der Waals surface area contributed by atoms with E-state index in [1.165, 1.54) is 6.42 Å². The molecule has 1 aromatic carbocycles. The number of benzene rings is 1. The second kappa shape index (κ2) is 9.30. The Balaban J connectivity index is 1.28. The van der Waals surface area contributed by atoms with Crippen molar-refractivity contribution in [1.82, 2.24) is 30.3 Å². The van der Waals surface area contributed by atoms with Crippen molar-refractivity contribution in [3.8, 4) is 22.8 Å². The number of piperidine rings is 1. The van der Waals surface area contributed by atoms with E-state index >= 15 is 0 Å². The van der Waals surface area contributed by atoms with Crippen molar-refractivity contribution >= 4 is 16.7 Å². The van der Waals surface area contributed by atoms with E-state index < -0.39 is 0 Å². The lowest BCUT2D eigenvalue weighted by Crippen LogP contribution is -2.68. The van der Waals surface area contributed by atoms with Crippen LogP contribution < -0.4 is 14.4 Å². The molecule has 0 spiro atoms. The molecule has 7 rings (SSSR count). The first-order chi connectivity index (χ1) is 18.0. The summed E-state index contributed by atoms with van der Waals surface area (Å²) in [7, 11) is 1.65. The van der Waals surface area contributed by atoms with E-state index in [0.29, 0.717) is 23.6 Å². The third-order valence-corrected chi connectivity index (χ3v) is 7.89. The predicted molar refractivity (Wildman–Crippen MR) is 143 cm³/mol. The van der Waals surface area contributed by atoms with Crippen molar-refractivity contribution in [3.05, 3.63) is 53.5 Å². The monoisotopic (exact) mass is 499 g/mol. The molecule has 0 saturated carbocycles. The summed E-state index contributed by atoms with van der Waals surface area (Å²) in [6, 6.07) is 9.47. The number of likely N-dealkylation sites (N-methyl/N-ethyl adjacent to an activating group) is 1. The topological polar surface area (TPSA) is 92.3 Å². The predicted octanol–water partition coefficient (Wildman–Crippen LogP) is 4.46. The van der Waals surface area contributed by atoms with E-state index in [4.69, 9.17) is 14.5 Å². The number of pyridine rings is 1. The maximum atomic E-state index is 6.42. The summed E-state index contributed by atoms with van der Waals surface area (Å²) in [4.78, 5) is 9.83. The molecule has 3 aliphatic heterocycles. The quantitative estimate of drug-likeness (QED) is 0.398. The highest BCUT2D eigenvalue weighted by atomic mass is 16.5. The molecule has 3 atom stereocenters. The number of hydrogen-bond acceptors (Lipinski definition) is 8. The van der Waals surface area contributed by atoms with Crippen LogP contribution in [0.4, 0.5) is 5.82 Å². The van der Waals surface area contributed by atoms with Gasteiger partial charge in [-0.2, -0.15) is 15.3 Å². The Bertz CT molecular complexity index is 1400. The van der Waals surface area contributed by atoms with Crippen molar-refractivity contribution in [2.24, 2.45) is 0 Å². The lowest BCUT2D eigenvalue weighted by Gasteiger charge is -2.56. The Morgan fingerprint density at radius 3 is 2.59 bits per heavy atom. The van der Waals surface area contributed by atoms with Crippen LogP contribution in [0.2, 0.25) is 0 Å². The molecule has 9 heteroatoms.